The maximum absolute atomic E-state index is 13.9. The molecule has 0 amide bonds. The minimum atomic E-state index is -0.936. The fourth-order valence-corrected chi connectivity index (χ4v) is 3.18. The van der Waals surface area contributed by atoms with Crippen molar-refractivity contribution in [1.29, 1.82) is 0 Å². The van der Waals surface area contributed by atoms with Gasteiger partial charge >= 0.3 is 5.97 Å². The lowest BCUT2D eigenvalue weighted by Crippen LogP contribution is -2.31. The fraction of sp³-hybridized carbons (Fsp3) is 0.381. The van der Waals surface area contributed by atoms with Gasteiger partial charge in [-0.3, -0.25) is 0 Å². The molecule has 0 spiro atoms. The van der Waals surface area contributed by atoms with Crippen LogP contribution in [0.3, 0.4) is 0 Å². The van der Waals surface area contributed by atoms with Crippen molar-refractivity contribution in [3.05, 3.63) is 53.8 Å². The summed E-state index contributed by atoms with van der Waals surface area (Å²) in [7, 11) is 0. The molecule has 1 fully saturated rings. The quantitative estimate of drug-likeness (QED) is 0.784. The van der Waals surface area contributed by atoms with Crippen molar-refractivity contribution < 1.29 is 23.8 Å². The van der Waals surface area contributed by atoms with Crippen LogP contribution >= 0.6 is 0 Å². The van der Waals surface area contributed by atoms with Crippen LogP contribution in [0.5, 0.6) is 5.75 Å². The molecule has 1 aliphatic carbocycles. The van der Waals surface area contributed by atoms with Crippen LogP contribution in [0.25, 0.3) is 11.1 Å². The van der Waals surface area contributed by atoms with E-state index in [0.29, 0.717) is 11.7 Å². The molecule has 138 valence electrons. The van der Waals surface area contributed by atoms with E-state index in [0.717, 1.165) is 24.0 Å². The molecule has 0 aromatic heterocycles. The Morgan fingerprint density at radius 2 is 1.85 bits per heavy atom. The van der Waals surface area contributed by atoms with E-state index in [1.54, 1.807) is 0 Å². The zero-order valence-corrected chi connectivity index (χ0v) is 14.9. The summed E-state index contributed by atoms with van der Waals surface area (Å²) in [5.41, 5.74) is 2.90. The Bertz CT molecular complexity index is 764. The van der Waals surface area contributed by atoms with Gasteiger partial charge in [0.25, 0.3) is 0 Å². The smallest absolute Gasteiger partial charge is 0.329 e. The number of halogens is 1. The van der Waals surface area contributed by atoms with Gasteiger partial charge in [0, 0.05) is 6.07 Å². The van der Waals surface area contributed by atoms with Crippen LogP contribution in [0, 0.1) is 5.82 Å². The molecule has 0 aliphatic heterocycles. The Kier molecular flexibility index (Phi) is 5.57. The monoisotopic (exact) mass is 358 g/mol. The number of carboxylic acid groups (broad SMARTS) is 1. The minimum absolute atomic E-state index is 0.0121. The summed E-state index contributed by atoms with van der Waals surface area (Å²) in [4.78, 5) is 10.5. The number of hydrogen-bond acceptors (Lipinski definition) is 3. The van der Waals surface area contributed by atoms with Gasteiger partial charge in [-0.1, -0.05) is 24.3 Å². The molecule has 1 N–H and O–H groups in total. The van der Waals surface area contributed by atoms with E-state index in [1.165, 1.54) is 17.7 Å². The zero-order valence-electron chi connectivity index (χ0n) is 14.9. The molecule has 2 aromatic carbocycles. The predicted octanol–water partition coefficient (Wildman–Crippen LogP) is 4.63. The number of benzene rings is 2. The standard InChI is InChI=1S/C21H23FO4/c1-13(2)26-20-10-16(7-18(22)11-20)14-3-5-15(6-4-14)17-8-19(9-17)25-12-21(23)24/h3-7,10-11,13,17,19H,8-9,12H2,1-2H3,(H,23,24). The summed E-state index contributed by atoms with van der Waals surface area (Å²) in [5.74, 6) is -0.347. The van der Waals surface area contributed by atoms with Gasteiger partial charge in [0.2, 0.25) is 0 Å². The van der Waals surface area contributed by atoms with Crippen LogP contribution < -0.4 is 4.74 Å². The second-order valence-corrected chi connectivity index (χ2v) is 6.96. The van der Waals surface area contributed by atoms with Gasteiger partial charge in [0.15, 0.2) is 0 Å². The molecule has 4 nitrogen and oxygen atoms in total. The third kappa shape index (κ3) is 4.61. The normalized spacial score (nSPS) is 19.2. The average molecular weight is 358 g/mol. The number of carbonyl (C=O) groups is 1. The Morgan fingerprint density at radius 3 is 2.46 bits per heavy atom. The number of rotatable bonds is 7. The molecule has 0 unspecified atom stereocenters. The second kappa shape index (κ2) is 7.87. The summed E-state index contributed by atoms with van der Waals surface area (Å²) >= 11 is 0. The van der Waals surface area contributed by atoms with Crippen LogP contribution in [0.4, 0.5) is 4.39 Å². The summed E-state index contributed by atoms with van der Waals surface area (Å²) in [6, 6.07) is 12.8. The number of ether oxygens (including phenoxy) is 2. The van der Waals surface area contributed by atoms with Crippen molar-refractivity contribution in [1.82, 2.24) is 0 Å². The molecule has 1 saturated carbocycles. The maximum Gasteiger partial charge on any atom is 0.329 e. The minimum Gasteiger partial charge on any atom is -0.491 e. The average Bonchev–Trinajstić information content (AvgIpc) is 2.52. The van der Waals surface area contributed by atoms with E-state index in [9.17, 15) is 9.18 Å². The van der Waals surface area contributed by atoms with Gasteiger partial charge in [0.05, 0.1) is 12.2 Å². The molecule has 5 heteroatoms. The summed E-state index contributed by atoms with van der Waals surface area (Å²) in [6.07, 6.45) is 1.68. The molecule has 0 radical (unpaired) electrons. The number of hydrogen-bond donors (Lipinski definition) is 1. The Hall–Kier alpha value is -2.40. The number of carboxylic acids is 1. The van der Waals surface area contributed by atoms with E-state index in [-0.39, 0.29) is 24.6 Å². The molecular weight excluding hydrogens is 335 g/mol. The second-order valence-electron chi connectivity index (χ2n) is 6.96. The third-order valence-electron chi connectivity index (χ3n) is 4.50. The molecular formula is C21H23FO4. The van der Waals surface area contributed by atoms with E-state index in [1.807, 2.05) is 44.2 Å². The van der Waals surface area contributed by atoms with Crippen molar-refractivity contribution in [3.63, 3.8) is 0 Å². The molecule has 2 aromatic rings. The van der Waals surface area contributed by atoms with Gasteiger partial charge in [-0.2, -0.15) is 0 Å². The van der Waals surface area contributed by atoms with Crippen LogP contribution in [-0.4, -0.2) is 29.9 Å². The Labute approximate surface area is 152 Å². The van der Waals surface area contributed by atoms with Gasteiger partial charge in [-0.05, 0) is 61.4 Å². The lowest BCUT2D eigenvalue weighted by molar-refractivity contribution is -0.146. The summed E-state index contributed by atoms with van der Waals surface area (Å²) in [6.45, 7) is 3.58. The molecule has 0 heterocycles. The molecule has 26 heavy (non-hydrogen) atoms. The van der Waals surface area contributed by atoms with E-state index in [4.69, 9.17) is 14.6 Å². The lowest BCUT2D eigenvalue weighted by Gasteiger charge is -2.35. The van der Waals surface area contributed by atoms with Gasteiger partial charge in [0.1, 0.15) is 18.2 Å². The Balaban J connectivity index is 1.65. The van der Waals surface area contributed by atoms with Crippen LogP contribution in [-0.2, 0) is 9.53 Å². The largest absolute Gasteiger partial charge is 0.491 e. The molecule has 0 saturated heterocycles. The first kappa shape index (κ1) is 18.4. The molecule has 0 atom stereocenters. The zero-order chi connectivity index (χ0) is 18.7. The van der Waals surface area contributed by atoms with Crippen molar-refractivity contribution >= 4 is 5.97 Å². The lowest BCUT2D eigenvalue weighted by atomic mass is 9.77. The topological polar surface area (TPSA) is 55.8 Å². The highest BCUT2D eigenvalue weighted by molar-refractivity contribution is 5.68. The van der Waals surface area contributed by atoms with E-state index >= 15 is 0 Å². The van der Waals surface area contributed by atoms with Gasteiger partial charge in [-0.25, -0.2) is 9.18 Å². The summed E-state index contributed by atoms with van der Waals surface area (Å²) in [5, 5.41) is 8.63. The van der Waals surface area contributed by atoms with Crippen molar-refractivity contribution in [2.45, 2.75) is 44.8 Å². The van der Waals surface area contributed by atoms with Gasteiger partial charge in [-0.15, -0.1) is 0 Å². The predicted molar refractivity (Wildman–Crippen MR) is 97.0 cm³/mol. The van der Waals surface area contributed by atoms with Crippen molar-refractivity contribution in [3.8, 4) is 16.9 Å². The maximum atomic E-state index is 13.9. The van der Waals surface area contributed by atoms with Crippen molar-refractivity contribution in [2.24, 2.45) is 0 Å². The fourth-order valence-electron chi connectivity index (χ4n) is 3.18. The highest BCUT2D eigenvalue weighted by atomic mass is 19.1. The van der Waals surface area contributed by atoms with Crippen LogP contribution in [0.1, 0.15) is 38.2 Å². The number of aliphatic carboxylic acids is 1. The first-order valence-electron chi connectivity index (χ1n) is 8.81. The Morgan fingerprint density at radius 1 is 1.15 bits per heavy atom. The summed E-state index contributed by atoms with van der Waals surface area (Å²) < 4.78 is 24.8. The van der Waals surface area contributed by atoms with E-state index < -0.39 is 5.97 Å². The first-order valence-corrected chi connectivity index (χ1v) is 8.81. The first-order chi connectivity index (χ1) is 12.4. The molecule has 3 rings (SSSR count). The third-order valence-corrected chi connectivity index (χ3v) is 4.50. The van der Waals surface area contributed by atoms with Gasteiger partial charge < -0.3 is 14.6 Å². The molecule has 0 bridgehead atoms. The highest BCUT2D eigenvalue weighted by Gasteiger charge is 2.31. The van der Waals surface area contributed by atoms with E-state index in [2.05, 4.69) is 0 Å². The van der Waals surface area contributed by atoms with Crippen LogP contribution in [0.2, 0.25) is 0 Å². The van der Waals surface area contributed by atoms with Crippen LogP contribution in [0.15, 0.2) is 42.5 Å². The van der Waals surface area contributed by atoms with Crippen molar-refractivity contribution in [2.75, 3.05) is 6.61 Å². The molecule has 1 aliphatic rings. The highest BCUT2D eigenvalue weighted by Crippen LogP contribution is 2.39. The SMILES string of the molecule is CC(C)Oc1cc(F)cc(-c2ccc(C3CC(OCC(=O)O)C3)cc2)c1.